The number of carbonyl (C=O) groups is 2. The maximum Gasteiger partial charge on any atom is 0.339 e. The van der Waals surface area contributed by atoms with Crippen LogP contribution in [0.1, 0.15) is 23.7 Å². The predicted molar refractivity (Wildman–Crippen MR) is 81.4 cm³/mol. The molecule has 7 heteroatoms. The Bertz CT molecular complexity index is 558. The molecule has 0 fully saturated rings. The van der Waals surface area contributed by atoms with Crippen LogP contribution in [0, 0.1) is 0 Å². The SMILES string of the molecule is C/C=C/CCNC(=O)Nc1cc(OC)c(C(=O)O)cc1Cl. The van der Waals surface area contributed by atoms with E-state index >= 15 is 0 Å². The number of benzene rings is 1. The van der Waals surface area contributed by atoms with Crippen molar-refractivity contribution in [2.45, 2.75) is 13.3 Å². The summed E-state index contributed by atoms with van der Waals surface area (Å²) < 4.78 is 4.98. The number of amides is 2. The Morgan fingerprint density at radius 1 is 1.43 bits per heavy atom. The Balaban J connectivity index is 2.79. The maximum atomic E-state index is 11.7. The highest BCUT2D eigenvalue weighted by Crippen LogP contribution is 2.30. The summed E-state index contributed by atoms with van der Waals surface area (Å²) in [4.78, 5) is 22.7. The lowest BCUT2D eigenvalue weighted by molar-refractivity contribution is 0.0693. The van der Waals surface area contributed by atoms with Gasteiger partial charge in [-0.1, -0.05) is 23.8 Å². The number of anilines is 1. The number of nitrogens with one attached hydrogen (secondary N) is 2. The average molecular weight is 313 g/mol. The van der Waals surface area contributed by atoms with Crippen LogP contribution in [-0.4, -0.2) is 30.8 Å². The van der Waals surface area contributed by atoms with Crippen molar-refractivity contribution >= 4 is 29.3 Å². The lowest BCUT2D eigenvalue weighted by Gasteiger charge is -2.12. The van der Waals surface area contributed by atoms with E-state index in [9.17, 15) is 9.59 Å². The molecular weight excluding hydrogens is 296 g/mol. The Hall–Kier alpha value is -2.21. The molecule has 1 rings (SSSR count). The zero-order valence-corrected chi connectivity index (χ0v) is 12.5. The smallest absolute Gasteiger partial charge is 0.339 e. The Morgan fingerprint density at radius 3 is 2.71 bits per heavy atom. The van der Waals surface area contributed by atoms with Crippen LogP contribution >= 0.6 is 11.6 Å². The topological polar surface area (TPSA) is 87.7 Å². The molecular formula is C14H17ClN2O4. The molecule has 0 aromatic heterocycles. The first kappa shape index (κ1) is 16.8. The molecule has 0 saturated carbocycles. The summed E-state index contributed by atoms with van der Waals surface area (Å²) in [6, 6.07) is 2.18. The molecule has 0 bridgehead atoms. The number of urea groups is 1. The highest BCUT2D eigenvalue weighted by Gasteiger charge is 2.16. The number of methoxy groups -OCH3 is 1. The Labute approximate surface area is 127 Å². The monoisotopic (exact) mass is 312 g/mol. The first-order valence-electron chi connectivity index (χ1n) is 6.26. The van der Waals surface area contributed by atoms with Crippen molar-refractivity contribution in [3.05, 3.63) is 34.9 Å². The molecule has 0 heterocycles. The normalized spacial score (nSPS) is 10.4. The van der Waals surface area contributed by atoms with Gasteiger partial charge in [0.2, 0.25) is 0 Å². The van der Waals surface area contributed by atoms with Crippen molar-refractivity contribution in [2.24, 2.45) is 0 Å². The number of carbonyl (C=O) groups excluding carboxylic acids is 1. The molecule has 0 saturated heterocycles. The molecule has 0 aliphatic carbocycles. The lowest BCUT2D eigenvalue weighted by atomic mass is 10.2. The number of hydrogen-bond donors (Lipinski definition) is 3. The largest absolute Gasteiger partial charge is 0.496 e. The van der Waals surface area contributed by atoms with E-state index in [0.29, 0.717) is 6.54 Å². The predicted octanol–water partition coefficient (Wildman–Crippen LogP) is 3.13. The zero-order chi connectivity index (χ0) is 15.8. The van der Waals surface area contributed by atoms with Crippen molar-refractivity contribution < 1.29 is 19.4 Å². The van der Waals surface area contributed by atoms with Gasteiger partial charge in [-0.3, -0.25) is 0 Å². The van der Waals surface area contributed by atoms with Crippen LogP contribution in [0.3, 0.4) is 0 Å². The molecule has 0 radical (unpaired) electrons. The van der Waals surface area contributed by atoms with Crippen LogP contribution in [0.5, 0.6) is 5.75 Å². The molecule has 0 atom stereocenters. The third-order valence-corrected chi connectivity index (χ3v) is 2.91. The van der Waals surface area contributed by atoms with Crippen molar-refractivity contribution in [3.63, 3.8) is 0 Å². The van der Waals surface area contributed by atoms with Gasteiger partial charge in [0, 0.05) is 12.6 Å². The van der Waals surface area contributed by atoms with Crippen LogP contribution < -0.4 is 15.4 Å². The van der Waals surface area contributed by atoms with E-state index in [1.165, 1.54) is 19.2 Å². The minimum Gasteiger partial charge on any atom is -0.496 e. The second kappa shape index (κ2) is 8.16. The quantitative estimate of drug-likeness (QED) is 0.556. The third kappa shape index (κ3) is 5.00. The number of aromatic carboxylic acids is 1. The summed E-state index contributed by atoms with van der Waals surface area (Å²) in [5, 5.41) is 14.3. The third-order valence-electron chi connectivity index (χ3n) is 2.60. The summed E-state index contributed by atoms with van der Waals surface area (Å²) in [5.74, 6) is -1.03. The summed E-state index contributed by atoms with van der Waals surface area (Å²) in [6.07, 6.45) is 4.54. The molecule has 3 N–H and O–H groups in total. The molecule has 0 aliphatic heterocycles. The molecule has 0 spiro atoms. The van der Waals surface area contributed by atoms with E-state index in [2.05, 4.69) is 10.6 Å². The van der Waals surface area contributed by atoms with Crippen molar-refractivity contribution in [3.8, 4) is 5.75 Å². The highest BCUT2D eigenvalue weighted by atomic mass is 35.5. The van der Waals surface area contributed by atoms with E-state index in [1.807, 2.05) is 19.1 Å². The number of hydrogen-bond acceptors (Lipinski definition) is 3. The standard InChI is InChI=1S/C14H17ClN2O4/c1-3-4-5-6-16-14(20)17-11-8-12(21-2)9(13(18)19)7-10(11)15/h3-4,7-8H,5-6H2,1-2H3,(H,18,19)(H2,16,17,20)/b4-3+. The second-order valence-electron chi connectivity index (χ2n) is 4.08. The van der Waals surface area contributed by atoms with Crippen LogP contribution in [-0.2, 0) is 0 Å². The molecule has 2 amide bonds. The fraction of sp³-hybridized carbons (Fsp3) is 0.286. The van der Waals surface area contributed by atoms with Crippen LogP contribution in [0.25, 0.3) is 0 Å². The van der Waals surface area contributed by atoms with E-state index < -0.39 is 12.0 Å². The van der Waals surface area contributed by atoms with Gasteiger partial charge in [0.05, 0.1) is 17.8 Å². The fourth-order valence-corrected chi connectivity index (χ4v) is 1.80. The van der Waals surface area contributed by atoms with Gasteiger partial charge in [-0.2, -0.15) is 0 Å². The van der Waals surface area contributed by atoms with E-state index in [1.54, 1.807) is 0 Å². The first-order chi connectivity index (χ1) is 9.99. The molecule has 0 unspecified atom stereocenters. The molecule has 0 aliphatic rings. The van der Waals surface area contributed by atoms with Crippen LogP contribution in [0.15, 0.2) is 24.3 Å². The Morgan fingerprint density at radius 2 is 2.14 bits per heavy atom. The number of halogens is 1. The second-order valence-corrected chi connectivity index (χ2v) is 4.48. The number of allylic oxidation sites excluding steroid dienone is 1. The average Bonchev–Trinajstić information content (AvgIpc) is 2.45. The number of ether oxygens (including phenoxy) is 1. The molecule has 1 aromatic rings. The van der Waals surface area contributed by atoms with Gasteiger partial charge in [0.15, 0.2) is 0 Å². The van der Waals surface area contributed by atoms with Gasteiger partial charge >= 0.3 is 12.0 Å². The van der Waals surface area contributed by atoms with Gasteiger partial charge in [-0.25, -0.2) is 9.59 Å². The van der Waals surface area contributed by atoms with Gasteiger partial charge in [0.25, 0.3) is 0 Å². The molecule has 21 heavy (non-hydrogen) atoms. The molecule has 6 nitrogen and oxygen atoms in total. The number of carboxylic acid groups (broad SMARTS) is 1. The summed E-state index contributed by atoms with van der Waals surface area (Å²) in [6.45, 7) is 2.38. The van der Waals surface area contributed by atoms with E-state index in [-0.39, 0.29) is 22.0 Å². The first-order valence-corrected chi connectivity index (χ1v) is 6.64. The number of rotatable bonds is 6. The Kier molecular flexibility index (Phi) is 6.55. The highest BCUT2D eigenvalue weighted by molar-refractivity contribution is 6.34. The lowest BCUT2D eigenvalue weighted by Crippen LogP contribution is -2.29. The summed E-state index contributed by atoms with van der Waals surface area (Å²) >= 11 is 5.96. The number of carboxylic acids is 1. The molecule has 114 valence electrons. The minimum atomic E-state index is -1.16. The molecule has 1 aromatic carbocycles. The van der Waals surface area contributed by atoms with Crippen LogP contribution in [0.2, 0.25) is 5.02 Å². The van der Waals surface area contributed by atoms with Gasteiger partial charge in [0.1, 0.15) is 11.3 Å². The van der Waals surface area contributed by atoms with E-state index in [0.717, 1.165) is 6.42 Å². The van der Waals surface area contributed by atoms with Gasteiger partial charge < -0.3 is 20.5 Å². The maximum absolute atomic E-state index is 11.7. The summed E-state index contributed by atoms with van der Waals surface area (Å²) in [7, 11) is 1.34. The van der Waals surface area contributed by atoms with Gasteiger partial charge in [-0.05, 0) is 19.4 Å². The van der Waals surface area contributed by atoms with Crippen molar-refractivity contribution in [2.75, 3.05) is 19.0 Å². The van der Waals surface area contributed by atoms with Crippen molar-refractivity contribution in [1.29, 1.82) is 0 Å². The van der Waals surface area contributed by atoms with Crippen molar-refractivity contribution in [1.82, 2.24) is 5.32 Å². The van der Waals surface area contributed by atoms with E-state index in [4.69, 9.17) is 21.4 Å². The zero-order valence-electron chi connectivity index (χ0n) is 11.8. The summed E-state index contributed by atoms with van der Waals surface area (Å²) in [5.41, 5.74) is 0.212. The minimum absolute atomic E-state index is 0.0680. The van der Waals surface area contributed by atoms with Gasteiger partial charge in [-0.15, -0.1) is 0 Å². The van der Waals surface area contributed by atoms with Crippen LogP contribution in [0.4, 0.5) is 10.5 Å². The fourth-order valence-electron chi connectivity index (χ4n) is 1.59.